The van der Waals surface area contributed by atoms with Crippen LogP contribution in [-0.2, 0) is 0 Å². The summed E-state index contributed by atoms with van der Waals surface area (Å²) < 4.78 is 0. The third-order valence-corrected chi connectivity index (χ3v) is 2.95. The van der Waals surface area contributed by atoms with E-state index in [0.29, 0.717) is 0 Å². The first-order valence-corrected chi connectivity index (χ1v) is 7.69. The summed E-state index contributed by atoms with van der Waals surface area (Å²) in [7, 11) is 0. The first kappa shape index (κ1) is 17.2. The minimum atomic E-state index is 1.09. The zero-order valence-corrected chi connectivity index (χ0v) is 12.2. The van der Waals surface area contributed by atoms with Crippen molar-refractivity contribution in [1.29, 1.82) is 0 Å². The number of allylic oxidation sites excluding steroid dienone is 6. The van der Waals surface area contributed by atoms with E-state index in [1.807, 2.05) is 0 Å². The van der Waals surface area contributed by atoms with Crippen LogP contribution in [0.5, 0.6) is 0 Å². The van der Waals surface area contributed by atoms with Gasteiger partial charge in [-0.15, -0.1) is 0 Å². The molecule has 0 unspecified atom stereocenters. The Morgan fingerprint density at radius 2 is 1.22 bits per heavy atom. The van der Waals surface area contributed by atoms with Crippen molar-refractivity contribution in [2.24, 2.45) is 0 Å². The van der Waals surface area contributed by atoms with Crippen LogP contribution in [0.3, 0.4) is 0 Å². The molecule has 0 nitrogen and oxygen atoms in total. The van der Waals surface area contributed by atoms with Crippen LogP contribution in [0.15, 0.2) is 36.5 Å². The molecule has 0 heterocycles. The van der Waals surface area contributed by atoms with Crippen molar-refractivity contribution in [3.8, 4) is 0 Å². The Labute approximate surface area is 115 Å². The highest BCUT2D eigenvalue weighted by Gasteiger charge is 1.87. The Kier molecular flexibility index (Phi) is 15.5. The maximum atomic E-state index is 3.86. The highest BCUT2D eigenvalue weighted by atomic mass is 13.9. The fourth-order valence-electron chi connectivity index (χ4n) is 1.77. The topological polar surface area (TPSA) is 0 Å². The molecule has 0 N–H and O–H groups in total. The zero-order valence-electron chi connectivity index (χ0n) is 12.2. The van der Waals surface area contributed by atoms with Gasteiger partial charge in [-0.3, -0.25) is 0 Å². The Bertz CT molecular complexity index is 220. The molecule has 0 saturated carbocycles. The highest BCUT2D eigenvalue weighted by Crippen LogP contribution is 2.06. The van der Waals surface area contributed by atoms with Crippen molar-refractivity contribution in [3.05, 3.63) is 43.4 Å². The summed E-state index contributed by atoms with van der Waals surface area (Å²) in [5.74, 6) is 0. The first-order chi connectivity index (χ1) is 8.91. The van der Waals surface area contributed by atoms with Gasteiger partial charge in [0.2, 0.25) is 0 Å². The molecular weight excluding hydrogens is 216 g/mol. The van der Waals surface area contributed by atoms with E-state index in [-0.39, 0.29) is 0 Å². The molecule has 0 aromatic heterocycles. The summed E-state index contributed by atoms with van der Waals surface area (Å²) in [6, 6.07) is 0. The van der Waals surface area contributed by atoms with Crippen molar-refractivity contribution < 1.29 is 0 Å². The summed E-state index contributed by atoms with van der Waals surface area (Å²) in [5, 5.41) is 0. The molecule has 103 valence electrons. The minimum Gasteiger partial charge on any atom is -0.0845 e. The quantitative estimate of drug-likeness (QED) is 0.276. The van der Waals surface area contributed by atoms with Gasteiger partial charge in [0.1, 0.15) is 0 Å². The molecule has 0 aromatic rings. The second kappa shape index (κ2) is 16.2. The van der Waals surface area contributed by atoms with Crippen LogP contribution >= 0.6 is 0 Å². The Balaban J connectivity index is 3.26. The lowest BCUT2D eigenvalue weighted by atomic mass is 10.1. The summed E-state index contributed by atoms with van der Waals surface area (Å²) in [6.07, 6.45) is 25.9. The second-order valence-corrected chi connectivity index (χ2v) is 4.79. The molecule has 0 saturated heterocycles. The van der Waals surface area contributed by atoms with Crippen LogP contribution in [-0.4, -0.2) is 0 Å². The number of hydrogen-bond acceptors (Lipinski definition) is 0. The van der Waals surface area contributed by atoms with Crippen molar-refractivity contribution in [2.75, 3.05) is 0 Å². The molecule has 0 rings (SSSR count). The molecule has 0 bridgehead atoms. The van der Waals surface area contributed by atoms with Gasteiger partial charge in [0.05, 0.1) is 0 Å². The van der Waals surface area contributed by atoms with Crippen LogP contribution in [0.25, 0.3) is 0 Å². The summed E-state index contributed by atoms with van der Waals surface area (Å²) in [5.41, 5.74) is 0. The average Bonchev–Trinajstić information content (AvgIpc) is 2.39. The molecule has 0 aromatic carbocycles. The van der Waals surface area contributed by atoms with Crippen molar-refractivity contribution >= 4 is 0 Å². The highest BCUT2D eigenvalue weighted by molar-refractivity contribution is 5.10. The average molecular weight is 247 g/mol. The minimum absolute atomic E-state index is 1.09. The van der Waals surface area contributed by atoms with Gasteiger partial charge in [0, 0.05) is 0 Å². The van der Waals surface area contributed by atoms with E-state index < -0.39 is 0 Å². The largest absolute Gasteiger partial charge is 0.0845 e. The summed E-state index contributed by atoms with van der Waals surface area (Å²) in [6.45, 7) is 6.09. The molecular formula is C18H31. The van der Waals surface area contributed by atoms with E-state index in [9.17, 15) is 0 Å². The lowest BCUT2D eigenvalue weighted by Crippen LogP contribution is -1.77. The zero-order chi connectivity index (χ0) is 13.3. The van der Waals surface area contributed by atoms with E-state index in [1.54, 1.807) is 0 Å². The van der Waals surface area contributed by atoms with E-state index >= 15 is 0 Å². The van der Waals surface area contributed by atoms with Crippen LogP contribution in [0.4, 0.5) is 0 Å². The van der Waals surface area contributed by atoms with Gasteiger partial charge in [-0.25, -0.2) is 0 Å². The second-order valence-electron chi connectivity index (χ2n) is 4.79. The van der Waals surface area contributed by atoms with Crippen LogP contribution < -0.4 is 0 Å². The predicted octanol–water partition coefficient (Wildman–Crippen LogP) is 6.41. The summed E-state index contributed by atoms with van der Waals surface area (Å²) >= 11 is 0. The maximum absolute atomic E-state index is 3.86. The molecule has 0 fully saturated rings. The van der Waals surface area contributed by atoms with E-state index in [0.717, 1.165) is 6.42 Å². The van der Waals surface area contributed by atoms with Gasteiger partial charge in [-0.2, -0.15) is 0 Å². The molecule has 1 radical (unpaired) electrons. The molecule has 0 aliphatic carbocycles. The van der Waals surface area contributed by atoms with E-state index in [2.05, 4.69) is 50.3 Å². The van der Waals surface area contributed by atoms with Gasteiger partial charge in [0.25, 0.3) is 0 Å². The monoisotopic (exact) mass is 247 g/mol. The standard InChI is InChI=1S/C18H31/c1-3-5-7-9-11-13-15-17-18-16-14-12-10-8-6-4-2/h10,12,14,16-18H,1,3-9,11,13,15H2,2H3/b12-10-,16-14+,18-17+. The molecule has 0 aliphatic heterocycles. The fourth-order valence-corrected chi connectivity index (χ4v) is 1.77. The SMILES string of the molecule is [CH2]CCCCCCC/C=C/C=C/C=C\CCCC. The fraction of sp³-hybridized carbons (Fsp3) is 0.611. The van der Waals surface area contributed by atoms with Gasteiger partial charge < -0.3 is 0 Å². The van der Waals surface area contributed by atoms with Gasteiger partial charge in [0.15, 0.2) is 0 Å². The smallest absolute Gasteiger partial charge is 0.0348 e. The van der Waals surface area contributed by atoms with Gasteiger partial charge in [-0.1, -0.05) is 95.2 Å². The number of hydrogen-bond donors (Lipinski definition) is 0. The predicted molar refractivity (Wildman–Crippen MR) is 84.6 cm³/mol. The number of rotatable bonds is 12. The molecule has 18 heavy (non-hydrogen) atoms. The molecule has 0 atom stereocenters. The van der Waals surface area contributed by atoms with Gasteiger partial charge in [-0.05, 0) is 19.3 Å². The van der Waals surface area contributed by atoms with Crippen molar-refractivity contribution in [2.45, 2.75) is 71.1 Å². The lowest BCUT2D eigenvalue weighted by molar-refractivity contribution is 0.621. The Hall–Kier alpha value is -0.780. The molecule has 0 aliphatic rings. The normalized spacial score (nSPS) is 12.3. The van der Waals surface area contributed by atoms with Crippen LogP contribution in [0, 0.1) is 6.92 Å². The summed E-state index contributed by atoms with van der Waals surface area (Å²) in [4.78, 5) is 0. The van der Waals surface area contributed by atoms with E-state index in [1.165, 1.54) is 57.8 Å². The Morgan fingerprint density at radius 3 is 1.83 bits per heavy atom. The lowest BCUT2D eigenvalue weighted by Gasteiger charge is -1.97. The van der Waals surface area contributed by atoms with Crippen LogP contribution in [0.1, 0.15) is 71.1 Å². The van der Waals surface area contributed by atoms with Crippen molar-refractivity contribution in [1.82, 2.24) is 0 Å². The maximum Gasteiger partial charge on any atom is -0.0348 e. The third kappa shape index (κ3) is 15.2. The molecule has 0 spiro atoms. The molecule has 0 heteroatoms. The van der Waals surface area contributed by atoms with Crippen LogP contribution in [0.2, 0.25) is 0 Å². The van der Waals surface area contributed by atoms with E-state index in [4.69, 9.17) is 0 Å². The van der Waals surface area contributed by atoms with Crippen molar-refractivity contribution in [3.63, 3.8) is 0 Å². The molecule has 0 amide bonds. The first-order valence-electron chi connectivity index (χ1n) is 7.69. The third-order valence-electron chi connectivity index (χ3n) is 2.95. The Morgan fingerprint density at radius 1 is 0.667 bits per heavy atom. The van der Waals surface area contributed by atoms with Gasteiger partial charge >= 0.3 is 0 Å². The number of unbranched alkanes of at least 4 members (excludes halogenated alkanes) is 8.